The topological polar surface area (TPSA) is 61.7 Å². The fraction of sp³-hybridized carbons (Fsp3) is 0.200. The van der Waals surface area contributed by atoms with Crippen LogP contribution in [0.15, 0.2) is 36.7 Å². The number of hydrogen-bond acceptors (Lipinski definition) is 3. The molecule has 5 heteroatoms. The van der Waals surface area contributed by atoms with Gasteiger partial charge in [0.05, 0.1) is 11.8 Å². The van der Waals surface area contributed by atoms with Gasteiger partial charge >= 0.3 is 0 Å². The van der Waals surface area contributed by atoms with E-state index in [-0.39, 0.29) is 0 Å². The minimum atomic E-state index is 0.665. The summed E-state index contributed by atoms with van der Waals surface area (Å²) in [6.45, 7) is 2.08. The van der Waals surface area contributed by atoms with Gasteiger partial charge in [-0.25, -0.2) is 0 Å². The van der Waals surface area contributed by atoms with Crippen LogP contribution in [0, 0.1) is 6.92 Å². The van der Waals surface area contributed by atoms with E-state index >= 15 is 0 Å². The molecule has 0 aliphatic carbocycles. The van der Waals surface area contributed by atoms with Gasteiger partial charge in [-0.2, -0.15) is 10.2 Å². The smallest absolute Gasteiger partial charge is 0.129 e. The maximum absolute atomic E-state index is 6.22. The Kier molecular flexibility index (Phi) is 2.82. The van der Waals surface area contributed by atoms with E-state index < -0.39 is 0 Å². The molecule has 2 heterocycles. The fourth-order valence-corrected chi connectivity index (χ4v) is 2.40. The first-order chi connectivity index (χ1) is 9.58. The number of nitrogens with two attached hydrogens (primary N) is 1. The normalized spacial score (nSPS) is 10.9. The molecule has 3 rings (SSSR count). The lowest BCUT2D eigenvalue weighted by Crippen LogP contribution is -1.98. The summed E-state index contributed by atoms with van der Waals surface area (Å²) in [6.07, 6.45) is 3.76. The van der Waals surface area contributed by atoms with Crippen LogP contribution in [-0.2, 0) is 14.1 Å². The number of hydrogen-bond donors (Lipinski definition) is 1. The third kappa shape index (κ3) is 1.87. The SMILES string of the molecule is Cc1ccccc1-c1c(-c2cnn(C)c2)nn(C)c1N. The van der Waals surface area contributed by atoms with E-state index in [9.17, 15) is 0 Å². The Balaban J connectivity index is 2.28. The molecule has 0 bridgehead atoms. The lowest BCUT2D eigenvalue weighted by molar-refractivity contribution is 0.767. The van der Waals surface area contributed by atoms with Crippen LogP contribution in [0.4, 0.5) is 5.82 Å². The Bertz CT molecular complexity index is 766. The molecule has 0 radical (unpaired) electrons. The van der Waals surface area contributed by atoms with Crippen LogP contribution < -0.4 is 5.73 Å². The molecule has 20 heavy (non-hydrogen) atoms. The van der Waals surface area contributed by atoms with Crippen molar-refractivity contribution in [1.29, 1.82) is 0 Å². The fourth-order valence-electron chi connectivity index (χ4n) is 2.40. The molecule has 2 aromatic heterocycles. The van der Waals surface area contributed by atoms with E-state index in [0.29, 0.717) is 5.82 Å². The van der Waals surface area contributed by atoms with Crippen molar-refractivity contribution in [2.45, 2.75) is 6.92 Å². The van der Waals surface area contributed by atoms with Crippen LogP contribution in [0.25, 0.3) is 22.4 Å². The average Bonchev–Trinajstić information content (AvgIpc) is 2.96. The molecule has 0 atom stereocenters. The highest BCUT2D eigenvalue weighted by molar-refractivity contribution is 5.89. The Labute approximate surface area is 117 Å². The quantitative estimate of drug-likeness (QED) is 0.775. The number of rotatable bonds is 2. The molecule has 0 fully saturated rings. The molecule has 2 N–H and O–H groups in total. The third-order valence-corrected chi connectivity index (χ3v) is 3.48. The van der Waals surface area contributed by atoms with Crippen LogP contribution >= 0.6 is 0 Å². The number of nitrogens with zero attached hydrogens (tertiary/aromatic N) is 4. The van der Waals surface area contributed by atoms with Crippen LogP contribution in [0.3, 0.4) is 0 Å². The summed E-state index contributed by atoms with van der Waals surface area (Å²) in [5.74, 6) is 0.665. The highest BCUT2D eigenvalue weighted by atomic mass is 15.3. The van der Waals surface area contributed by atoms with Gasteiger partial charge in [0.25, 0.3) is 0 Å². The molecule has 1 aromatic carbocycles. The summed E-state index contributed by atoms with van der Waals surface area (Å²) in [5, 5.41) is 8.77. The van der Waals surface area contributed by atoms with E-state index in [1.54, 1.807) is 9.36 Å². The summed E-state index contributed by atoms with van der Waals surface area (Å²) in [6, 6.07) is 8.19. The van der Waals surface area contributed by atoms with Gasteiger partial charge < -0.3 is 5.73 Å². The molecule has 0 spiro atoms. The maximum Gasteiger partial charge on any atom is 0.129 e. The minimum Gasteiger partial charge on any atom is -0.383 e. The van der Waals surface area contributed by atoms with Gasteiger partial charge in [0.15, 0.2) is 0 Å². The third-order valence-electron chi connectivity index (χ3n) is 3.48. The molecule has 0 aliphatic rings. The molecule has 0 amide bonds. The van der Waals surface area contributed by atoms with E-state index in [1.807, 2.05) is 38.6 Å². The van der Waals surface area contributed by atoms with Gasteiger partial charge in [0.2, 0.25) is 0 Å². The maximum atomic E-state index is 6.22. The Morgan fingerprint density at radius 1 is 1.15 bits per heavy atom. The summed E-state index contributed by atoms with van der Waals surface area (Å²) in [7, 11) is 3.75. The van der Waals surface area contributed by atoms with Crippen molar-refractivity contribution in [3.8, 4) is 22.4 Å². The van der Waals surface area contributed by atoms with Crippen molar-refractivity contribution in [1.82, 2.24) is 19.6 Å². The first-order valence-electron chi connectivity index (χ1n) is 6.45. The minimum absolute atomic E-state index is 0.665. The molecule has 102 valence electrons. The molecule has 3 aromatic rings. The predicted molar refractivity (Wildman–Crippen MR) is 80.0 cm³/mol. The number of benzene rings is 1. The standard InChI is InChI=1S/C15H17N5/c1-10-6-4-5-7-12(10)13-14(18-20(3)15(13)16)11-8-17-19(2)9-11/h4-9H,16H2,1-3H3. The Morgan fingerprint density at radius 3 is 2.55 bits per heavy atom. The number of nitrogen functional groups attached to an aromatic ring is 1. The summed E-state index contributed by atoms with van der Waals surface area (Å²) in [5.41, 5.74) is 11.3. The van der Waals surface area contributed by atoms with E-state index in [4.69, 9.17) is 5.73 Å². The zero-order valence-electron chi connectivity index (χ0n) is 11.8. The van der Waals surface area contributed by atoms with Gasteiger partial charge in [0, 0.05) is 25.9 Å². The number of aromatic nitrogens is 4. The van der Waals surface area contributed by atoms with Gasteiger partial charge in [-0.3, -0.25) is 9.36 Å². The molecule has 5 nitrogen and oxygen atoms in total. The van der Waals surface area contributed by atoms with Gasteiger partial charge in [-0.1, -0.05) is 24.3 Å². The van der Waals surface area contributed by atoms with Crippen molar-refractivity contribution < 1.29 is 0 Å². The molecule has 0 aliphatic heterocycles. The Hall–Kier alpha value is -2.56. The zero-order valence-corrected chi connectivity index (χ0v) is 11.8. The van der Waals surface area contributed by atoms with Crippen LogP contribution in [-0.4, -0.2) is 19.6 Å². The van der Waals surface area contributed by atoms with Crippen LogP contribution in [0.5, 0.6) is 0 Å². The monoisotopic (exact) mass is 267 g/mol. The van der Waals surface area contributed by atoms with Crippen molar-refractivity contribution in [3.05, 3.63) is 42.2 Å². The van der Waals surface area contributed by atoms with Gasteiger partial charge in [-0.05, 0) is 18.1 Å². The second-order valence-corrected chi connectivity index (χ2v) is 4.95. The van der Waals surface area contributed by atoms with Gasteiger partial charge in [0.1, 0.15) is 11.5 Å². The first-order valence-corrected chi connectivity index (χ1v) is 6.45. The van der Waals surface area contributed by atoms with Crippen molar-refractivity contribution >= 4 is 5.82 Å². The summed E-state index contributed by atoms with van der Waals surface area (Å²) in [4.78, 5) is 0. The van der Waals surface area contributed by atoms with Gasteiger partial charge in [-0.15, -0.1) is 0 Å². The Morgan fingerprint density at radius 2 is 1.90 bits per heavy atom. The van der Waals surface area contributed by atoms with Crippen LogP contribution in [0.2, 0.25) is 0 Å². The zero-order chi connectivity index (χ0) is 14.3. The summed E-state index contributed by atoms with van der Waals surface area (Å²) >= 11 is 0. The molecule has 0 unspecified atom stereocenters. The van der Waals surface area contributed by atoms with Crippen LogP contribution in [0.1, 0.15) is 5.56 Å². The highest BCUT2D eigenvalue weighted by Gasteiger charge is 2.19. The highest BCUT2D eigenvalue weighted by Crippen LogP contribution is 2.37. The second-order valence-electron chi connectivity index (χ2n) is 4.95. The molecule has 0 saturated carbocycles. The molecular formula is C15H17N5. The lowest BCUT2D eigenvalue weighted by Gasteiger charge is -2.06. The molecular weight excluding hydrogens is 250 g/mol. The van der Waals surface area contributed by atoms with E-state index in [1.165, 1.54) is 5.56 Å². The second kappa shape index (κ2) is 4.52. The number of aryl methyl sites for hydroxylation is 3. The average molecular weight is 267 g/mol. The summed E-state index contributed by atoms with van der Waals surface area (Å²) < 4.78 is 3.48. The molecule has 0 saturated heterocycles. The number of anilines is 1. The van der Waals surface area contributed by atoms with E-state index in [2.05, 4.69) is 29.3 Å². The predicted octanol–water partition coefficient (Wildman–Crippen LogP) is 2.38. The van der Waals surface area contributed by atoms with Crippen molar-refractivity contribution in [3.63, 3.8) is 0 Å². The first kappa shape index (κ1) is 12.5. The van der Waals surface area contributed by atoms with E-state index in [0.717, 1.165) is 22.4 Å². The van der Waals surface area contributed by atoms with Crippen molar-refractivity contribution in [2.75, 3.05) is 5.73 Å². The van der Waals surface area contributed by atoms with Crippen molar-refractivity contribution in [2.24, 2.45) is 14.1 Å². The lowest BCUT2D eigenvalue weighted by atomic mass is 9.98. The largest absolute Gasteiger partial charge is 0.383 e.